The summed E-state index contributed by atoms with van der Waals surface area (Å²) in [5.74, 6) is 0.706. The van der Waals surface area contributed by atoms with Crippen molar-refractivity contribution >= 4 is 5.97 Å². The van der Waals surface area contributed by atoms with Crippen molar-refractivity contribution in [1.29, 1.82) is 10.5 Å². The van der Waals surface area contributed by atoms with Gasteiger partial charge in [0, 0.05) is 0 Å². The molecule has 0 radical (unpaired) electrons. The van der Waals surface area contributed by atoms with Crippen molar-refractivity contribution in [2.45, 2.75) is 45.4 Å². The van der Waals surface area contributed by atoms with E-state index in [1.54, 1.807) is 6.07 Å². The Morgan fingerprint density at radius 2 is 1.71 bits per heavy atom. The summed E-state index contributed by atoms with van der Waals surface area (Å²) in [5, 5.41) is 18.5. The second kappa shape index (κ2) is 8.36. The van der Waals surface area contributed by atoms with Crippen molar-refractivity contribution in [3.63, 3.8) is 0 Å². The Kier molecular flexibility index (Phi) is 6.21. The summed E-state index contributed by atoms with van der Waals surface area (Å²) in [6, 6.07) is 6.94. The zero-order valence-electron chi connectivity index (χ0n) is 14.2. The van der Waals surface area contributed by atoms with E-state index in [1.165, 1.54) is 26.0 Å². The summed E-state index contributed by atoms with van der Waals surface area (Å²) in [6.07, 6.45) is 6.13. The Hall–Kier alpha value is -2.53. The van der Waals surface area contributed by atoms with Crippen LogP contribution in [0.2, 0.25) is 0 Å². The molecule has 5 heteroatoms. The van der Waals surface area contributed by atoms with E-state index in [1.807, 2.05) is 12.1 Å². The lowest BCUT2D eigenvalue weighted by atomic mass is 9.80. The fraction of sp³-hybridized carbons (Fsp3) is 0.526. The van der Waals surface area contributed by atoms with Crippen LogP contribution in [0.1, 0.15) is 56.6 Å². The minimum absolute atomic E-state index is 0.0462. The summed E-state index contributed by atoms with van der Waals surface area (Å²) in [6.45, 7) is 2.18. The number of nitriles is 2. The van der Waals surface area contributed by atoms with Gasteiger partial charge in [-0.1, -0.05) is 19.8 Å². The van der Waals surface area contributed by atoms with Crippen LogP contribution in [0.5, 0.6) is 11.5 Å². The minimum Gasteiger partial charge on any atom is -0.495 e. The predicted octanol–water partition coefficient (Wildman–Crippen LogP) is 3.95. The van der Waals surface area contributed by atoms with Crippen molar-refractivity contribution < 1.29 is 14.3 Å². The Morgan fingerprint density at radius 1 is 1.12 bits per heavy atom. The van der Waals surface area contributed by atoms with Gasteiger partial charge in [0.15, 0.2) is 0 Å². The molecule has 24 heavy (non-hydrogen) atoms. The smallest absolute Gasteiger partial charge is 0.314 e. The third-order valence-electron chi connectivity index (χ3n) is 4.66. The number of benzene rings is 1. The molecule has 126 valence electrons. The summed E-state index contributed by atoms with van der Waals surface area (Å²) in [4.78, 5) is 12.4. The highest BCUT2D eigenvalue weighted by Gasteiger charge is 2.28. The van der Waals surface area contributed by atoms with Gasteiger partial charge in [-0.25, -0.2) is 0 Å². The highest BCUT2D eigenvalue weighted by atomic mass is 16.5. The molecule has 0 atom stereocenters. The standard InChI is InChI=1S/C19H22N2O3/c1-3-4-13-5-7-14(8-6-13)19(22)24-18-10-9-17(23-2)15(11-20)16(18)12-21/h9-10,13-14H,3-8H2,1-2H3. The third-order valence-corrected chi connectivity index (χ3v) is 4.66. The summed E-state index contributed by atoms with van der Waals surface area (Å²) in [5.41, 5.74) is 0.141. The maximum absolute atomic E-state index is 12.4. The van der Waals surface area contributed by atoms with Gasteiger partial charge in [0.2, 0.25) is 0 Å². The van der Waals surface area contributed by atoms with Gasteiger partial charge in [0.1, 0.15) is 34.8 Å². The van der Waals surface area contributed by atoms with Crippen LogP contribution in [0, 0.1) is 34.5 Å². The number of ether oxygens (including phenoxy) is 2. The molecule has 0 saturated heterocycles. The maximum atomic E-state index is 12.4. The number of methoxy groups -OCH3 is 1. The molecule has 0 bridgehead atoms. The molecule has 1 fully saturated rings. The monoisotopic (exact) mass is 326 g/mol. The van der Waals surface area contributed by atoms with E-state index in [0.717, 1.165) is 25.7 Å². The predicted molar refractivity (Wildman–Crippen MR) is 88.4 cm³/mol. The zero-order chi connectivity index (χ0) is 17.5. The Balaban J connectivity index is 2.10. The molecule has 1 saturated carbocycles. The number of carbonyl (C=O) groups excluding carboxylic acids is 1. The SMILES string of the molecule is CCCC1CCC(C(=O)Oc2ccc(OC)c(C#N)c2C#N)CC1. The average Bonchev–Trinajstić information content (AvgIpc) is 2.61. The van der Waals surface area contributed by atoms with Gasteiger partial charge in [-0.05, 0) is 43.7 Å². The first kappa shape index (κ1) is 17.8. The van der Waals surface area contributed by atoms with Crippen molar-refractivity contribution in [2.75, 3.05) is 7.11 Å². The first-order chi connectivity index (χ1) is 11.6. The van der Waals surface area contributed by atoms with E-state index in [9.17, 15) is 15.3 Å². The van der Waals surface area contributed by atoms with E-state index >= 15 is 0 Å². The van der Waals surface area contributed by atoms with E-state index in [0.29, 0.717) is 11.7 Å². The average molecular weight is 326 g/mol. The van der Waals surface area contributed by atoms with Crippen molar-refractivity contribution in [3.8, 4) is 23.6 Å². The molecule has 2 rings (SSSR count). The normalized spacial score (nSPS) is 19.8. The highest BCUT2D eigenvalue weighted by molar-refractivity contribution is 5.77. The molecule has 5 nitrogen and oxygen atoms in total. The lowest BCUT2D eigenvalue weighted by Gasteiger charge is -2.27. The van der Waals surface area contributed by atoms with Crippen LogP contribution >= 0.6 is 0 Å². The van der Waals surface area contributed by atoms with E-state index in [-0.39, 0.29) is 28.8 Å². The molecule has 1 aliphatic rings. The molecule has 1 aliphatic carbocycles. The molecule has 0 N–H and O–H groups in total. The van der Waals surface area contributed by atoms with Crippen LogP contribution in [0.15, 0.2) is 12.1 Å². The first-order valence-electron chi connectivity index (χ1n) is 8.37. The molecule has 0 amide bonds. The molecule has 0 heterocycles. The van der Waals surface area contributed by atoms with Crippen LogP contribution in [0.3, 0.4) is 0 Å². The number of esters is 1. The summed E-state index contributed by atoms with van der Waals surface area (Å²) in [7, 11) is 1.43. The number of carbonyl (C=O) groups is 1. The van der Waals surface area contributed by atoms with Gasteiger partial charge in [-0.15, -0.1) is 0 Å². The van der Waals surface area contributed by atoms with E-state index in [2.05, 4.69) is 6.92 Å². The largest absolute Gasteiger partial charge is 0.495 e. The molecular formula is C19H22N2O3. The van der Waals surface area contributed by atoms with Crippen molar-refractivity contribution in [3.05, 3.63) is 23.3 Å². The minimum atomic E-state index is -0.310. The highest BCUT2D eigenvalue weighted by Crippen LogP contribution is 2.34. The fourth-order valence-electron chi connectivity index (χ4n) is 3.33. The molecule has 0 aliphatic heterocycles. The van der Waals surface area contributed by atoms with Gasteiger partial charge in [0.25, 0.3) is 0 Å². The number of rotatable bonds is 5. The Morgan fingerprint density at radius 3 is 2.25 bits per heavy atom. The number of hydrogen-bond acceptors (Lipinski definition) is 5. The molecule has 1 aromatic carbocycles. The maximum Gasteiger partial charge on any atom is 0.314 e. The first-order valence-corrected chi connectivity index (χ1v) is 8.37. The lowest BCUT2D eigenvalue weighted by molar-refractivity contribution is -0.140. The third kappa shape index (κ3) is 3.86. The molecular weight excluding hydrogens is 304 g/mol. The zero-order valence-corrected chi connectivity index (χ0v) is 14.2. The van der Waals surface area contributed by atoms with Gasteiger partial charge < -0.3 is 9.47 Å². The van der Waals surface area contributed by atoms with Crippen LogP contribution in [0.25, 0.3) is 0 Å². The molecule has 1 aromatic rings. The van der Waals surface area contributed by atoms with Crippen LogP contribution < -0.4 is 9.47 Å². The Labute approximate surface area is 142 Å². The van der Waals surface area contributed by atoms with Crippen LogP contribution in [-0.2, 0) is 4.79 Å². The van der Waals surface area contributed by atoms with Crippen molar-refractivity contribution in [2.24, 2.45) is 11.8 Å². The quantitative estimate of drug-likeness (QED) is 0.604. The number of nitrogens with zero attached hydrogens (tertiary/aromatic N) is 2. The van der Waals surface area contributed by atoms with E-state index in [4.69, 9.17) is 9.47 Å². The molecule has 0 unspecified atom stereocenters. The second-order valence-corrected chi connectivity index (χ2v) is 6.17. The van der Waals surface area contributed by atoms with Crippen LogP contribution in [0.4, 0.5) is 0 Å². The fourth-order valence-corrected chi connectivity index (χ4v) is 3.33. The number of hydrogen-bond donors (Lipinski definition) is 0. The van der Waals surface area contributed by atoms with Gasteiger partial charge in [0.05, 0.1) is 13.0 Å². The van der Waals surface area contributed by atoms with Crippen molar-refractivity contribution in [1.82, 2.24) is 0 Å². The Bertz CT molecular complexity index is 677. The molecule has 0 spiro atoms. The van der Waals surface area contributed by atoms with Gasteiger partial charge in [-0.2, -0.15) is 10.5 Å². The summed E-state index contributed by atoms with van der Waals surface area (Å²) < 4.78 is 10.5. The second-order valence-electron chi connectivity index (χ2n) is 6.17. The van der Waals surface area contributed by atoms with Gasteiger partial charge in [-0.3, -0.25) is 4.79 Å². The molecule has 0 aromatic heterocycles. The van der Waals surface area contributed by atoms with E-state index < -0.39 is 0 Å². The summed E-state index contributed by atoms with van der Waals surface area (Å²) >= 11 is 0. The topological polar surface area (TPSA) is 83.1 Å². The lowest BCUT2D eigenvalue weighted by Crippen LogP contribution is -2.26. The van der Waals surface area contributed by atoms with Crippen LogP contribution in [-0.4, -0.2) is 13.1 Å². The van der Waals surface area contributed by atoms with Gasteiger partial charge >= 0.3 is 5.97 Å².